The average molecular weight is 221 g/mol. The van der Waals surface area contributed by atoms with Crippen LogP contribution in [0.5, 0.6) is 0 Å². The first-order valence-corrected chi connectivity index (χ1v) is 5.48. The van der Waals surface area contributed by atoms with E-state index in [1.54, 1.807) is 4.90 Å². The van der Waals surface area contributed by atoms with Crippen LogP contribution in [-0.2, 0) is 4.74 Å². The van der Waals surface area contributed by atoms with E-state index < -0.39 is 0 Å². The number of benzene rings is 1. The second kappa shape index (κ2) is 4.16. The van der Waals surface area contributed by atoms with Gasteiger partial charge in [-0.1, -0.05) is 19.9 Å². The molecule has 0 aliphatic carbocycles. The fourth-order valence-corrected chi connectivity index (χ4v) is 1.81. The normalized spacial score (nSPS) is 15.8. The fraction of sp³-hybridized carbons (Fsp3) is 0.385. The third-order valence-electron chi connectivity index (χ3n) is 2.81. The molecule has 1 fully saturated rings. The summed E-state index contributed by atoms with van der Waals surface area (Å²) in [5, 5.41) is 0. The van der Waals surface area contributed by atoms with Gasteiger partial charge >= 0.3 is 0 Å². The molecule has 0 amide bonds. The number of nitrogens with zero attached hydrogens (tertiary/aromatic N) is 1. The van der Waals surface area contributed by atoms with Gasteiger partial charge in [0.05, 0.1) is 12.2 Å². The molecule has 0 spiro atoms. The summed E-state index contributed by atoms with van der Waals surface area (Å²) in [6.07, 6.45) is 0. The predicted molar refractivity (Wildman–Crippen MR) is 62.9 cm³/mol. The second-order valence-electron chi connectivity index (χ2n) is 4.26. The first-order valence-electron chi connectivity index (χ1n) is 5.48. The molecule has 0 saturated carbocycles. The quantitative estimate of drug-likeness (QED) is 0.760. The summed E-state index contributed by atoms with van der Waals surface area (Å²) < 4.78 is 19.0. The second-order valence-corrected chi connectivity index (χ2v) is 4.26. The summed E-state index contributed by atoms with van der Waals surface area (Å²) >= 11 is 0. The lowest BCUT2D eigenvalue weighted by Gasteiger charge is -2.19. The van der Waals surface area contributed by atoms with Crippen LogP contribution in [0.15, 0.2) is 30.7 Å². The maximum absolute atomic E-state index is 13.7. The molecule has 1 aromatic carbocycles. The number of ether oxygens (including phenoxy) is 1. The highest BCUT2D eigenvalue weighted by atomic mass is 19.1. The molecule has 0 N–H and O–H groups in total. The van der Waals surface area contributed by atoms with E-state index in [1.165, 1.54) is 6.07 Å². The summed E-state index contributed by atoms with van der Waals surface area (Å²) in [6, 6.07) is 5.21. The molecule has 2 nitrogen and oxygen atoms in total. The van der Waals surface area contributed by atoms with E-state index in [1.807, 2.05) is 12.1 Å². The number of anilines is 1. The largest absolute Gasteiger partial charge is 0.477 e. The zero-order valence-electron chi connectivity index (χ0n) is 9.66. The van der Waals surface area contributed by atoms with Crippen molar-refractivity contribution in [2.75, 3.05) is 18.1 Å². The first-order chi connectivity index (χ1) is 7.59. The molecule has 86 valence electrons. The summed E-state index contributed by atoms with van der Waals surface area (Å²) in [7, 11) is 0. The van der Waals surface area contributed by atoms with Crippen molar-refractivity contribution in [3.05, 3.63) is 42.0 Å². The van der Waals surface area contributed by atoms with Crippen LogP contribution in [0.2, 0.25) is 0 Å². The monoisotopic (exact) mass is 221 g/mol. The molecule has 0 unspecified atom stereocenters. The molecule has 0 radical (unpaired) electrons. The highest BCUT2D eigenvalue weighted by molar-refractivity contribution is 5.54. The Balaban J connectivity index is 2.38. The minimum atomic E-state index is -0.226. The van der Waals surface area contributed by atoms with Gasteiger partial charge in [0.2, 0.25) is 0 Å². The Morgan fingerprint density at radius 2 is 2.19 bits per heavy atom. The van der Waals surface area contributed by atoms with Gasteiger partial charge < -0.3 is 9.64 Å². The molecule has 16 heavy (non-hydrogen) atoms. The Bertz CT molecular complexity index is 414. The molecule has 1 aliphatic rings. The van der Waals surface area contributed by atoms with Crippen molar-refractivity contribution in [1.82, 2.24) is 0 Å². The lowest BCUT2D eigenvalue weighted by molar-refractivity contribution is 0.270. The van der Waals surface area contributed by atoms with Gasteiger partial charge in [-0.05, 0) is 30.2 Å². The number of hydrogen-bond donors (Lipinski definition) is 0. The Morgan fingerprint density at radius 1 is 1.44 bits per heavy atom. The van der Waals surface area contributed by atoms with E-state index in [2.05, 4.69) is 20.4 Å². The minimum Gasteiger partial charge on any atom is -0.477 e. The van der Waals surface area contributed by atoms with Gasteiger partial charge in [-0.25, -0.2) is 4.39 Å². The van der Waals surface area contributed by atoms with E-state index in [-0.39, 0.29) is 5.82 Å². The van der Waals surface area contributed by atoms with Crippen LogP contribution in [0.25, 0.3) is 0 Å². The Labute approximate surface area is 95.3 Å². The molecule has 0 aromatic heterocycles. The predicted octanol–water partition coefficient (Wildman–Crippen LogP) is 3.26. The molecule has 1 aromatic rings. The Morgan fingerprint density at radius 3 is 2.75 bits per heavy atom. The lowest BCUT2D eigenvalue weighted by Crippen LogP contribution is -2.18. The summed E-state index contributed by atoms with van der Waals surface area (Å²) in [5.74, 6) is 0.687. The molecular formula is C13H16FNO. The topological polar surface area (TPSA) is 12.5 Å². The first kappa shape index (κ1) is 11.0. The fourth-order valence-electron chi connectivity index (χ4n) is 1.81. The van der Waals surface area contributed by atoms with E-state index in [4.69, 9.17) is 4.74 Å². The molecule has 1 aliphatic heterocycles. The van der Waals surface area contributed by atoms with Crippen LogP contribution >= 0.6 is 0 Å². The third kappa shape index (κ3) is 1.90. The van der Waals surface area contributed by atoms with Crippen LogP contribution in [0.1, 0.15) is 25.3 Å². The number of hydrogen-bond acceptors (Lipinski definition) is 2. The Hall–Kier alpha value is -1.51. The van der Waals surface area contributed by atoms with Crippen molar-refractivity contribution in [2.24, 2.45) is 0 Å². The molecule has 2 rings (SSSR count). The van der Waals surface area contributed by atoms with Crippen LogP contribution < -0.4 is 4.90 Å². The van der Waals surface area contributed by atoms with Crippen molar-refractivity contribution < 1.29 is 9.13 Å². The van der Waals surface area contributed by atoms with Gasteiger partial charge in [0.15, 0.2) is 5.88 Å². The molecule has 0 atom stereocenters. The molecule has 3 heteroatoms. The van der Waals surface area contributed by atoms with Crippen LogP contribution in [0.4, 0.5) is 10.1 Å². The SMILES string of the molecule is C=C1OCCN1c1cc(C(C)C)ccc1F. The number of halogens is 1. The van der Waals surface area contributed by atoms with Crippen LogP contribution in [0, 0.1) is 5.82 Å². The van der Waals surface area contributed by atoms with Gasteiger partial charge in [-0.2, -0.15) is 0 Å². The maximum atomic E-state index is 13.7. The van der Waals surface area contributed by atoms with E-state index >= 15 is 0 Å². The van der Waals surface area contributed by atoms with E-state index in [0.717, 1.165) is 5.56 Å². The van der Waals surface area contributed by atoms with Gasteiger partial charge in [-0.15, -0.1) is 0 Å². The highest BCUT2D eigenvalue weighted by Crippen LogP contribution is 2.29. The lowest BCUT2D eigenvalue weighted by atomic mass is 10.0. The number of rotatable bonds is 2. The molecule has 1 heterocycles. The molecular weight excluding hydrogens is 205 g/mol. The minimum absolute atomic E-state index is 0.226. The van der Waals surface area contributed by atoms with Crippen molar-refractivity contribution in [3.63, 3.8) is 0 Å². The summed E-state index contributed by atoms with van der Waals surface area (Å²) in [4.78, 5) is 1.78. The molecule has 1 saturated heterocycles. The standard InChI is InChI=1S/C13H16FNO/c1-9(2)11-4-5-12(14)13(8-11)15-6-7-16-10(15)3/h4-5,8-9H,3,6-7H2,1-2H3. The summed E-state index contributed by atoms with van der Waals surface area (Å²) in [5.41, 5.74) is 1.69. The zero-order valence-corrected chi connectivity index (χ0v) is 9.66. The average Bonchev–Trinajstić information content (AvgIpc) is 2.65. The van der Waals surface area contributed by atoms with E-state index in [0.29, 0.717) is 30.6 Å². The highest BCUT2D eigenvalue weighted by Gasteiger charge is 2.21. The van der Waals surface area contributed by atoms with Crippen molar-refractivity contribution in [3.8, 4) is 0 Å². The smallest absolute Gasteiger partial charge is 0.186 e. The third-order valence-corrected chi connectivity index (χ3v) is 2.81. The molecule has 0 bridgehead atoms. The van der Waals surface area contributed by atoms with Gasteiger partial charge in [-0.3, -0.25) is 0 Å². The van der Waals surface area contributed by atoms with E-state index in [9.17, 15) is 4.39 Å². The Kier molecular flexibility index (Phi) is 2.86. The van der Waals surface area contributed by atoms with Crippen molar-refractivity contribution in [2.45, 2.75) is 19.8 Å². The summed E-state index contributed by atoms with van der Waals surface area (Å²) in [6.45, 7) is 9.18. The van der Waals surface area contributed by atoms with Gasteiger partial charge in [0.1, 0.15) is 12.4 Å². The van der Waals surface area contributed by atoms with Gasteiger partial charge in [0, 0.05) is 0 Å². The zero-order chi connectivity index (χ0) is 11.7. The van der Waals surface area contributed by atoms with Crippen molar-refractivity contribution >= 4 is 5.69 Å². The van der Waals surface area contributed by atoms with Crippen molar-refractivity contribution in [1.29, 1.82) is 0 Å². The van der Waals surface area contributed by atoms with Crippen LogP contribution in [0.3, 0.4) is 0 Å². The maximum Gasteiger partial charge on any atom is 0.186 e. The van der Waals surface area contributed by atoms with Gasteiger partial charge in [0.25, 0.3) is 0 Å². The van der Waals surface area contributed by atoms with Crippen LogP contribution in [-0.4, -0.2) is 13.2 Å².